The molecule has 0 saturated carbocycles. The Morgan fingerprint density at radius 2 is 2.11 bits per heavy atom. The minimum atomic E-state index is -0.965. The van der Waals surface area contributed by atoms with E-state index < -0.39 is 12.0 Å². The number of aromatic hydroxyl groups is 1. The maximum absolute atomic E-state index is 10.5. The first-order valence-corrected chi connectivity index (χ1v) is 5.87. The van der Waals surface area contributed by atoms with Crippen LogP contribution in [0.25, 0.3) is 0 Å². The van der Waals surface area contributed by atoms with Crippen LogP contribution >= 0.6 is 0 Å². The fraction of sp³-hybridized carbons (Fsp3) is 0.385. The van der Waals surface area contributed by atoms with Crippen molar-refractivity contribution in [2.75, 3.05) is 6.54 Å². The summed E-state index contributed by atoms with van der Waals surface area (Å²) in [5.41, 5.74) is 6.05. The van der Waals surface area contributed by atoms with Crippen LogP contribution in [-0.2, 0) is 4.79 Å². The van der Waals surface area contributed by atoms with Gasteiger partial charge in [-0.05, 0) is 31.4 Å². The molecule has 0 aliphatic carbocycles. The SMILES string of the molecule is NC(CCCCN=Cc1ccccc1O)C(=O)O. The lowest BCUT2D eigenvalue weighted by molar-refractivity contribution is -0.138. The maximum atomic E-state index is 10.5. The van der Waals surface area contributed by atoms with E-state index in [9.17, 15) is 9.90 Å². The topological polar surface area (TPSA) is 95.9 Å². The van der Waals surface area contributed by atoms with Gasteiger partial charge in [0.25, 0.3) is 0 Å². The number of nitrogens with zero attached hydrogens (tertiary/aromatic N) is 1. The van der Waals surface area contributed by atoms with Gasteiger partial charge in [-0.2, -0.15) is 0 Å². The first kappa shape index (κ1) is 14.2. The number of phenolic OH excluding ortho intramolecular Hbond substituents is 1. The van der Waals surface area contributed by atoms with Crippen molar-refractivity contribution in [3.63, 3.8) is 0 Å². The third kappa shape index (κ3) is 4.97. The van der Waals surface area contributed by atoms with E-state index in [1.165, 1.54) is 0 Å². The molecular formula is C13H18N2O3. The maximum Gasteiger partial charge on any atom is 0.320 e. The van der Waals surface area contributed by atoms with Crippen molar-refractivity contribution in [1.29, 1.82) is 0 Å². The molecule has 1 aromatic carbocycles. The predicted molar refractivity (Wildman–Crippen MR) is 70.0 cm³/mol. The minimum Gasteiger partial charge on any atom is -0.507 e. The molecule has 0 saturated heterocycles. The van der Waals surface area contributed by atoms with Crippen molar-refractivity contribution in [1.82, 2.24) is 0 Å². The second-order valence-corrected chi connectivity index (χ2v) is 4.03. The molecule has 1 unspecified atom stereocenters. The lowest BCUT2D eigenvalue weighted by Crippen LogP contribution is -2.29. The fourth-order valence-corrected chi connectivity index (χ4v) is 1.45. The Bertz CT molecular complexity index is 418. The fourth-order valence-electron chi connectivity index (χ4n) is 1.45. The number of carboxylic acids is 1. The highest BCUT2D eigenvalue weighted by Gasteiger charge is 2.09. The summed E-state index contributed by atoms with van der Waals surface area (Å²) >= 11 is 0. The number of para-hydroxylation sites is 1. The number of hydrogen-bond donors (Lipinski definition) is 3. The van der Waals surface area contributed by atoms with E-state index in [4.69, 9.17) is 10.8 Å². The van der Waals surface area contributed by atoms with Gasteiger partial charge < -0.3 is 15.9 Å². The monoisotopic (exact) mass is 250 g/mol. The highest BCUT2D eigenvalue weighted by Crippen LogP contribution is 2.12. The molecule has 98 valence electrons. The number of phenols is 1. The van der Waals surface area contributed by atoms with Crippen molar-refractivity contribution in [3.05, 3.63) is 29.8 Å². The van der Waals surface area contributed by atoms with Crippen LogP contribution in [0, 0.1) is 0 Å². The summed E-state index contributed by atoms with van der Waals surface area (Å²) in [7, 11) is 0. The molecular weight excluding hydrogens is 232 g/mol. The number of carboxylic acid groups (broad SMARTS) is 1. The van der Waals surface area contributed by atoms with Gasteiger partial charge in [0.15, 0.2) is 0 Å². The van der Waals surface area contributed by atoms with E-state index >= 15 is 0 Å². The van der Waals surface area contributed by atoms with E-state index in [0.717, 1.165) is 12.8 Å². The molecule has 0 heterocycles. The first-order chi connectivity index (χ1) is 8.61. The quantitative estimate of drug-likeness (QED) is 0.503. The van der Waals surface area contributed by atoms with Crippen LogP contribution in [0.15, 0.2) is 29.3 Å². The smallest absolute Gasteiger partial charge is 0.320 e. The zero-order chi connectivity index (χ0) is 13.4. The van der Waals surface area contributed by atoms with Crippen LogP contribution in [0.3, 0.4) is 0 Å². The van der Waals surface area contributed by atoms with Crippen LogP contribution in [0.4, 0.5) is 0 Å². The zero-order valence-electron chi connectivity index (χ0n) is 10.1. The summed E-state index contributed by atoms with van der Waals surface area (Å²) in [5, 5.41) is 18.1. The van der Waals surface area contributed by atoms with E-state index in [1.807, 2.05) is 6.07 Å². The molecule has 1 rings (SSSR count). The molecule has 0 spiro atoms. The number of carbonyl (C=O) groups is 1. The molecule has 0 amide bonds. The van der Waals surface area contributed by atoms with Crippen molar-refractivity contribution in [2.45, 2.75) is 25.3 Å². The van der Waals surface area contributed by atoms with Crippen LogP contribution in [0.5, 0.6) is 5.75 Å². The predicted octanol–water partition coefficient (Wildman–Crippen LogP) is 1.39. The number of benzene rings is 1. The molecule has 4 N–H and O–H groups in total. The van der Waals surface area contributed by atoms with Gasteiger partial charge in [0.05, 0.1) is 0 Å². The number of hydrogen-bond acceptors (Lipinski definition) is 4. The molecule has 0 bridgehead atoms. The van der Waals surface area contributed by atoms with Gasteiger partial charge in [-0.25, -0.2) is 0 Å². The molecule has 0 fully saturated rings. The first-order valence-electron chi connectivity index (χ1n) is 5.87. The Hall–Kier alpha value is -1.88. The van der Waals surface area contributed by atoms with Gasteiger partial charge >= 0.3 is 5.97 Å². The molecule has 18 heavy (non-hydrogen) atoms. The standard InChI is InChI=1S/C13H18N2O3/c14-11(13(17)18)6-3-4-8-15-9-10-5-1-2-7-12(10)16/h1-2,5,7,9,11,16H,3-4,6,8,14H2,(H,17,18). The van der Waals surface area contributed by atoms with Crippen LogP contribution in [-0.4, -0.2) is 35.0 Å². The second kappa shape index (κ2) is 7.45. The summed E-state index contributed by atoms with van der Waals surface area (Å²) in [6.07, 6.45) is 3.59. The molecule has 0 aliphatic rings. The Balaban J connectivity index is 2.22. The van der Waals surface area contributed by atoms with Crippen molar-refractivity contribution in [2.24, 2.45) is 10.7 Å². The molecule has 0 radical (unpaired) electrons. The van der Waals surface area contributed by atoms with Crippen molar-refractivity contribution < 1.29 is 15.0 Å². The summed E-state index contributed by atoms with van der Waals surface area (Å²) in [5.74, 6) is -0.762. The van der Waals surface area contributed by atoms with E-state index in [-0.39, 0.29) is 5.75 Å². The average Bonchev–Trinajstić information content (AvgIpc) is 2.35. The Morgan fingerprint density at radius 1 is 1.39 bits per heavy atom. The molecule has 1 aromatic rings. The highest BCUT2D eigenvalue weighted by molar-refractivity contribution is 5.83. The number of rotatable bonds is 7. The molecule has 5 nitrogen and oxygen atoms in total. The Morgan fingerprint density at radius 3 is 2.78 bits per heavy atom. The molecule has 0 aliphatic heterocycles. The largest absolute Gasteiger partial charge is 0.507 e. The van der Waals surface area contributed by atoms with Gasteiger partial charge in [0.2, 0.25) is 0 Å². The average molecular weight is 250 g/mol. The lowest BCUT2D eigenvalue weighted by Gasteiger charge is -2.04. The van der Waals surface area contributed by atoms with Crippen LogP contribution in [0.1, 0.15) is 24.8 Å². The number of aliphatic imine (C=N–C) groups is 1. The second-order valence-electron chi connectivity index (χ2n) is 4.03. The van der Waals surface area contributed by atoms with Gasteiger partial charge in [0, 0.05) is 18.3 Å². The summed E-state index contributed by atoms with van der Waals surface area (Å²) < 4.78 is 0. The van der Waals surface area contributed by atoms with Gasteiger partial charge in [-0.15, -0.1) is 0 Å². The number of unbranched alkanes of at least 4 members (excludes halogenated alkanes) is 1. The normalized spacial score (nSPS) is 12.7. The zero-order valence-corrected chi connectivity index (χ0v) is 10.1. The van der Waals surface area contributed by atoms with Gasteiger partial charge in [-0.3, -0.25) is 9.79 Å². The summed E-state index contributed by atoms with van der Waals surface area (Å²) in [4.78, 5) is 14.6. The van der Waals surface area contributed by atoms with Gasteiger partial charge in [-0.1, -0.05) is 12.1 Å². The highest BCUT2D eigenvalue weighted by atomic mass is 16.4. The van der Waals surface area contributed by atoms with E-state index in [1.54, 1.807) is 24.4 Å². The summed E-state index contributed by atoms with van der Waals surface area (Å²) in [6, 6.07) is 6.17. The molecule has 1 atom stereocenters. The third-order valence-electron chi connectivity index (χ3n) is 2.54. The Kier molecular flexibility index (Phi) is 5.87. The third-order valence-corrected chi connectivity index (χ3v) is 2.54. The van der Waals surface area contributed by atoms with Crippen LogP contribution < -0.4 is 5.73 Å². The number of aliphatic carboxylic acids is 1. The van der Waals surface area contributed by atoms with Crippen molar-refractivity contribution in [3.8, 4) is 5.75 Å². The van der Waals surface area contributed by atoms with E-state index in [2.05, 4.69) is 4.99 Å². The van der Waals surface area contributed by atoms with Crippen LogP contribution in [0.2, 0.25) is 0 Å². The molecule has 5 heteroatoms. The minimum absolute atomic E-state index is 0.203. The van der Waals surface area contributed by atoms with Crippen molar-refractivity contribution >= 4 is 12.2 Å². The lowest BCUT2D eigenvalue weighted by atomic mass is 10.1. The van der Waals surface area contributed by atoms with E-state index in [0.29, 0.717) is 18.5 Å². The summed E-state index contributed by atoms with van der Waals surface area (Å²) in [6.45, 7) is 0.598. The van der Waals surface area contributed by atoms with Gasteiger partial charge in [0.1, 0.15) is 11.8 Å². The number of nitrogens with two attached hydrogens (primary N) is 1. The molecule has 0 aromatic heterocycles. The Labute approximate surface area is 106 Å².